The van der Waals surface area contributed by atoms with E-state index >= 15 is 0 Å². The van der Waals surface area contributed by atoms with E-state index in [1.807, 2.05) is 0 Å². The zero-order valence-electron chi connectivity index (χ0n) is 17.1. The molecule has 2 amide bonds. The zero-order chi connectivity index (χ0) is 23.8. The zero-order valence-corrected chi connectivity index (χ0v) is 17.1. The highest BCUT2D eigenvalue weighted by Crippen LogP contribution is 2.37. The molecule has 2 aromatic rings. The number of rotatable bonds is 4. The van der Waals surface area contributed by atoms with Gasteiger partial charge in [0, 0.05) is 6.08 Å². The summed E-state index contributed by atoms with van der Waals surface area (Å²) in [6, 6.07) is 7.69. The fraction of sp³-hybridized carbons (Fsp3) is 0.227. The Morgan fingerprint density at radius 1 is 1.15 bits per heavy atom. The van der Waals surface area contributed by atoms with Gasteiger partial charge in [-0.1, -0.05) is 6.07 Å². The van der Waals surface area contributed by atoms with Gasteiger partial charge in [-0.3, -0.25) is 14.5 Å². The Hall–Kier alpha value is -4.02. The number of hydrogen-bond donors (Lipinski definition) is 1. The van der Waals surface area contributed by atoms with Crippen LogP contribution in [-0.4, -0.2) is 37.2 Å². The molecule has 1 unspecified atom stereocenters. The van der Waals surface area contributed by atoms with Crippen LogP contribution in [0.2, 0.25) is 0 Å². The molecule has 8 nitrogen and oxygen atoms in total. The predicted octanol–water partition coefficient (Wildman–Crippen LogP) is 3.36. The van der Waals surface area contributed by atoms with Gasteiger partial charge in [-0.25, -0.2) is 4.79 Å². The van der Waals surface area contributed by atoms with Crippen LogP contribution < -0.4 is 19.7 Å². The summed E-state index contributed by atoms with van der Waals surface area (Å²) in [6.45, 7) is 0.996. The van der Waals surface area contributed by atoms with Gasteiger partial charge in [-0.05, 0) is 48.9 Å². The van der Waals surface area contributed by atoms with E-state index in [0.717, 1.165) is 29.2 Å². The van der Waals surface area contributed by atoms with E-state index in [1.165, 1.54) is 13.0 Å². The second-order valence-electron chi connectivity index (χ2n) is 7.23. The third-order valence-electron chi connectivity index (χ3n) is 4.91. The standard InChI is InChI=1S/C22H17F3N2O6/c1-12(33-20(29)7-3-13-2-6-17-18(8-13)32-11-31-17)21(30)27-10-19(28)26-15-9-14(22(23,24)25)4-5-16(15)27/h2-9,12H,10-11H2,1H3,(H,26,28)/b7-3+. The van der Waals surface area contributed by atoms with Crippen LogP contribution in [0.5, 0.6) is 11.5 Å². The molecule has 4 rings (SSSR count). The van der Waals surface area contributed by atoms with Crippen molar-refractivity contribution in [3.8, 4) is 11.5 Å². The van der Waals surface area contributed by atoms with Crippen molar-refractivity contribution in [2.45, 2.75) is 19.2 Å². The molecule has 33 heavy (non-hydrogen) atoms. The SMILES string of the molecule is CC(OC(=O)/C=C/c1ccc2c(c1)OCO2)C(=O)N1CC(=O)Nc2cc(C(F)(F)F)ccc21. The minimum Gasteiger partial charge on any atom is -0.454 e. The summed E-state index contributed by atoms with van der Waals surface area (Å²) in [7, 11) is 0. The smallest absolute Gasteiger partial charge is 0.416 e. The number of nitrogens with zero attached hydrogens (tertiary/aromatic N) is 1. The van der Waals surface area contributed by atoms with Crippen molar-refractivity contribution in [3.63, 3.8) is 0 Å². The van der Waals surface area contributed by atoms with Gasteiger partial charge in [0.2, 0.25) is 12.7 Å². The Morgan fingerprint density at radius 2 is 1.91 bits per heavy atom. The molecule has 172 valence electrons. The number of esters is 1. The lowest BCUT2D eigenvalue weighted by molar-refractivity contribution is -0.149. The van der Waals surface area contributed by atoms with Gasteiger partial charge in [0.25, 0.3) is 5.91 Å². The minimum absolute atomic E-state index is 0.0754. The largest absolute Gasteiger partial charge is 0.454 e. The average Bonchev–Trinajstić information content (AvgIpc) is 3.23. The molecule has 0 saturated carbocycles. The Bertz CT molecular complexity index is 1160. The monoisotopic (exact) mass is 462 g/mol. The Morgan fingerprint density at radius 3 is 2.67 bits per heavy atom. The quantitative estimate of drug-likeness (QED) is 0.553. The number of carbonyl (C=O) groups is 3. The van der Waals surface area contributed by atoms with Crippen LogP contribution in [0.15, 0.2) is 42.5 Å². The number of nitrogens with one attached hydrogen (secondary N) is 1. The van der Waals surface area contributed by atoms with E-state index in [0.29, 0.717) is 17.1 Å². The molecule has 2 aromatic carbocycles. The van der Waals surface area contributed by atoms with E-state index < -0.39 is 42.2 Å². The maximum atomic E-state index is 13.0. The van der Waals surface area contributed by atoms with Crippen molar-refractivity contribution in [1.29, 1.82) is 0 Å². The normalized spacial score (nSPS) is 15.8. The maximum Gasteiger partial charge on any atom is 0.416 e. The molecule has 1 N–H and O–H groups in total. The highest BCUT2D eigenvalue weighted by Gasteiger charge is 2.35. The third-order valence-corrected chi connectivity index (χ3v) is 4.91. The highest BCUT2D eigenvalue weighted by molar-refractivity contribution is 6.11. The van der Waals surface area contributed by atoms with E-state index in [9.17, 15) is 27.6 Å². The van der Waals surface area contributed by atoms with Crippen molar-refractivity contribution in [2.24, 2.45) is 0 Å². The fourth-order valence-electron chi connectivity index (χ4n) is 3.33. The summed E-state index contributed by atoms with van der Waals surface area (Å²) in [4.78, 5) is 37.9. The highest BCUT2D eigenvalue weighted by atomic mass is 19.4. The van der Waals surface area contributed by atoms with Crippen molar-refractivity contribution < 1.29 is 41.8 Å². The molecule has 1 atom stereocenters. The van der Waals surface area contributed by atoms with Gasteiger partial charge < -0.3 is 19.5 Å². The average molecular weight is 462 g/mol. The first kappa shape index (κ1) is 22.2. The number of alkyl halides is 3. The van der Waals surface area contributed by atoms with Crippen molar-refractivity contribution in [1.82, 2.24) is 0 Å². The lowest BCUT2D eigenvalue weighted by Gasteiger charge is -2.31. The van der Waals surface area contributed by atoms with E-state index in [4.69, 9.17) is 14.2 Å². The number of anilines is 2. The van der Waals surface area contributed by atoms with Gasteiger partial charge in [0.1, 0.15) is 6.54 Å². The maximum absolute atomic E-state index is 13.0. The molecular weight excluding hydrogens is 445 g/mol. The van der Waals surface area contributed by atoms with Gasteiger partial charge in [-0.2, -0.15) is 13.2 Å². The summed E-state index contributed by atoms with van der Waals surface area (Å²) in [5.74, 6) is -1.12. The van der Waals surface area contributed by atoms with E-state index in [1.54, 1.807) is 18.2 Å². The summed E-state index contributed by atoms with van der Waals surface area (Å²) in [5, 5.41) is 2.32. The molecule has 11 heteroatoms. The van der Waals surface area contributed by atoms with Crippen LogP contribution in [0.4, 0.5) is 24.5 Å². The predicted molar refractivity (Wildman–Crippen MR) is 110 cm³/mol. The van der Waals surface area contributed by atoms with Gasteiger partial charge >= 0.3 is 12.1 Å². The van der Waals surface area contributed by atoms with Gasteiger partial charge in [-0.15, -0.1) is 0 Å². The van der Waals surface area contributed by atoms with Crippen LogP contribution in [-0.2, 0) is 25.3 Å². The topological polar surface area (TPSA) is 94.2 Å². The molecular formula is C22H17F3N2O6. The molecule has 0 aliphatic carbocycles. The molecule has 0 radical (unpaired) electrons. The summed E-state index contributed by atoms with van der Waals surface area (Å²) < 4.78 is 54.5. The third kappa shape index (κ3) is 4.76. The first-order valence-electron chi connectivity index (χ1n) is 9.72. The Kier molecular flexibility index (Phi) is 5.71. The first-order chi connectivity index (χ1) is 15.6. The van der Waals surface area contributed by atoms with E-state index in [2.05, 4.69) is 5.32 Å². The minimum atomic E-state index is -4.61. The van der Waals surface area contributed by atoms with Crippen LogP contribution in [0.1, 0.15) is 18.1 Å². The molecule has 0 fully saturated rings. The number of ether oxygens (including phenoxy) is 3. The molecule has 0 bridgehead atoms. The number of amides is 2. The molecule has 2 aliphatic rings. The first-order valence-corrected chi connectivity index (χ1v) is 9.72. The fourth-order valence-corrected chi connectivity index (χ4v) is 3.33. The number of fused-ring (bicyclic) bond motifs is 2. The Balaban J connectivity index is 1.44. The second-order valence-corrected chi connectivity index (χ2v) is 7.23. The number of carbonyl (C=O) groups excluding carboxylic acids is 3. The summed E-state index contributed by atoms with van der Waals surface area (Å²) >= 11 is 0. The van der Waals surface area contributed by atoms with Crippen LogP contribution in [0.3, 0.4) is 0 Å². The van der Waals surface area contributed by atoms with Crippen LogP contribution in [0.25, 0.3) is 6.08 Å². The van der Waals surface area contributed by atoms with E-state index in [-0.39, 0.29) is 18.2 Å². The van der Waals surface area contributed by atoms with Gasteiger partial charge in [0.15, 0.2) is 17.6 Å². The molecule has 2 aliphatic heterocycles. The number of halogens is 3. The lowest BCUT2D eigenvalue weighted by atomic mass is 10.1. The number of benzene rings is 2. The lowest BCUT2D eigenvalue weighted by Crippen LogP contribution is -2.47. The van der Waals surface area contributed by atoms with Crippen molar-refractivity contribution >= 4 is 35.2 Å². The second kappa shape index (κ2) is 8.49. The van der Waals surface area contributed by atoms with Crippen molar-refractivity contribution in [2.75, 3.05) is 23.6 Å². The molecule has 2 heterocycles. The van der Waals surface area contributed by atoms with Crippen LogP contribution in [0, 0.1) is 0 Å². The van der Waals surface area contributed by atoms with Crippen molar-refractivity contribution in [3.05, 3.63) is 53.6 Å². The molecule has 0 spiro atoms. The molecule has 0 saturated heterocycles. The Labute approximate surface area is 185 Å². The van der Waals surface area contributed by atoms with Crippen LogP contribution >= 0.6 is 0 Å². The number of hydrogen-bond acceptors (Lipinski definition) is 6. The molecule has 0 aromatic heterocycles. The van der Waals surface area contributed by atoms with Gasteiger partial charge in [0.05, 0.1) is 16.9 Å². The summed E-state index contributed by atoms with van der Waals surface area (Å²) in [5.41, 5.74) is -0.414. The summed E-state index contributed by atoms with van der Waals surface area (Å²) in [6.07, 6.45) is -3.32.